The van der Waals surface area contributed by atoms with E-state index in [9.17, 15) is 0 Å². The number of alkyl halides is 1. The third kappa shape index (κ3) is 2.50. The van der Waals surface area contributed by atoms with E-state index in [-0.39, 0.29) is 4.83 Å². The molecule has 2 rings (SSSR count). The van der Waals surface area contributed by atoms with Crippen LogP contribution >= 0.6 is 66.1 Å². The van der Waals surface area contributed by atoms with Crippen LogP contribution in [0.5, 0.6) is 0 Å². The van der Waals surface area contributed by atoms with Crippen molar-refractivity contribution in [1.29, 1.82) is 0 Å². The van der Waals surface area contributed by atoms with E-state index >= 15 is 0 Å². The van der Waals surface area contributed by atoms with E-state index in [2.05, 4.69) is 55.6 Å². The number of halogens is 3. The summed E-state index contributed by atoms with van der Waals surface area (Å²) in [6.45, 7) is 2.13. The van der Waals surface area contributed by atoms with E-state index in [1.807, 2.05) is 0 Å². The van der Waals surface area contributed by atoms with Gasteiger partial charge in [0.25, 0.3) is 0 Å². The van der Waals surface area contributed by atoms with Crippen molar-refractivity contribution < 1.29 is 0 Å². The molecule has 0 amide bonds. The Labute approximate surface area is 119 Å². The van der Waals surface area contributed by atoms with E-state index in [4.69, 9.17) is 11.6 Å². The summed E-state index contributed by atoms with van der Waals surface area (Å²) in [6.07, 6.45) is 0. The Kier molecular flexibility index (Phi) is 3.94. The van der Waals surface area contributed by atoms with Crippen LogP contribution in [0.2, 0.25) is 4.34 Å². The van der Waals surface area contributed by atoms with Gasteiger partial charge in [0.1, 0.15) is 4.34 Å². The Hall–Kier alpha value is 0.650. The number of aryl methyl sites for hydroxylation is 1. The molecule has 0 nitrogen and oxygen atoms in total. The summed E-state index contributed by atoms with van der Waals surface area (Å²) >= 11 is 16.5. The molecule has 0 aliphatic rings. The second-order valence-corrected chi connectivity index (χ2v) is 7.34. The summed E-state index contributed by atoms with van der Waals surface area (Å²) in [4.78, 5) is 1.48. The summed E-state index contributed by atoms with van der Waals surface area (Å²) in [6, 6.07) is 2.07. The number of thiophene rings is 2. The van der Waals surface area contributed by atoms with Crippen LogP contribution in [0.1, 0.15) is 20.8 Å². The Morgan fingerprint density at radius 3 is 2.60 bits per heavy atom. The molecular formula is C10H7Br2ClS2. The van der Waals surface area contributed by atoms with Crippen LogP contribution in [0, 0.1) is 6.92 Å². The third-order valence-electron chi connectivity index (χ3n) is 2.08. The molecular weight excluding hydrogens is 380 g/mol. The van der Waals surface area contributed by atoms with Gasteiger partial charge >= 0.3 is 0 Å². The van der Waals surface area contributed by atoms with Gasteiger partial charge in [-0.05, 0) is 50.8 Å². The first kappa shape index (κ1) is 12.1. The lowest BCUT2D eigenvalue weighted by molar-refractivity contribution is 1.20. The SMILES string of the molecule is Cc1cscc1C(Br)c1cc(Br)c(Cl)s1. The van der Waals surface area contributed by atoms with E-state index in [0.717, 1.165) is 8.81 Å². The molecule has 0 aliphatic carbocycles. The van der Waals surface area contributed by atoms with Crippen LogP contribution < -0.4 is 0 Å². The standard InChI is InChI=1S/C10H7Br2ClS2/c1-5-3-14-4-6(5)9(12)8-2-7(11)10(13)15-8/h2-4,9H,1H3. The van der Waals surface area contributed by atoms with Crippen LogP contribution in [0.3, 0.4) is 0 Å². The first-order chi connectivity index (χ1) is 7.09. The van der Waals surface area contributed by atoms with Gasteiger partial charge in [0.05, 0.1) is 4.83 Å². The molecule has 2 heterocycles. The van der Waals surface area contributed by atoms with Gasteiger partial charge in [-0.2, -0.15) is 11.3 Å². The Balaban J connectivity index is 2.36. The molecule has 1 unspecified atom stereocenters. The van der Waals surface area contributed by atoms with Crippen molar-refractivity contribution in [3.8, 4) is 0 Å². The Morgan fingerprint density at radius 2 is 2.13 bits per heavy atom. The van der Waals surface area contributed by atoms with Crippen molar-refractivity contribution in [2.24, 2.45) is 0 Å². The number of rotatable bonds is 2. The van der Waals surface area contributed by atoms with Crippen molar-refractivity contribution in [3.05, 3.63) is 41.6 Å². The lowest BCUT2D eigenvalue weighted by Gasteiger charge is -2.06. The smallest absolute Gasteiger partial charge is 0.107 e. The summed E-state index contributed by atoms with van der Waals surface area (Å²) in [5.41, 5.74) is 2.65. The van der Waals surface area contributed by atoms with Gasteiger partial charge in [0, 0.05) is 9.35 Å². The second-order valence-electron chi connectivity index (χ2n) is 3.14. The summed E-state index contributed by atoms with van der Waals surface area (Å²) in [7, 11) is 0. The van der Waals surface area contributed by atoms with Gasteiger partial charge in [-0.25, -0.2) is 0 Å². The maximum Gasteiger partial charge on any atom is 0.107 e. The van der Waals surface area contributed by atoms with Crippen molar-refractivity contribution in [2.45, 2.75) is 11.8 Å². The van der Waals surface area contributed by atoms with Crippen molar-refractivity contribution in [2.75, 3.05) is 0 Å². The first-order valence-corrected chi connectivity index (χ1v) is 8.05. The average Bonchev–Trinajstić information content (AvgIpc) is 2.74. The highest BCUT2D eigenvalue weighted by Gasteiger charge is 2.17. The van der Waals surface area contributed by atoms with E-state index < -0.39 is 0 Å². The fraction of sp³-hybridized carbons (Fsp3) is 0.200. The minimum atomic E-state index is 0.248. The molecule has 0 bridgehead atoms. The topological polar surface area (TPSA) is 0 Å². The van der Waals surface area contributed by atoms with Crippen molar-refractivity contribution >= 4 is 66.1 Å². The molecule has 0 aliphatic heterocycles. The molecule has 80 valence electrons. The second kappa shape index (κ2) is 4.88. The maximum absolute atomic E-state index is 6.03. The zero-order chi connectivity index (χ0) is 11.0. The summed E-state index contributed by atoms with van der Waals surface area (Å²) in [5.74, 6) is 0. The van der Waals surface area contributed by atoms with Gasteiger partial charge in [-0.3, -0.25) is 0 Å². The molecule has 2 aromatic rings. The number of hydrogen-bond donors (Lipinski definition) is 0. The van der Waals surface area contributed by atoms with Crippen LogP contribution in [-0.2, 0) is 0 Å². The fourth-order valence-electron chi connectivity index (χ4n) is 1.27. The summed E-state index contributed by atoms with van der Waals surface area (Å²) < 4.78 is 1.78. The number of hydrogen-bond acceptors (Lipinski definition) is 2. The molecule has 15 heavy (non-hydrogen) atoms. The Morgan fingerprint density at radius 1 is 1.40 bits per heavy atom. The van der Waals surface area contributed by atoms with Crippen LogP contribution in [0.15, 0.2) is 21.3 Å². The van der Waals surface area contributed by atoms with Crippen LogP contribution in [-0.4, -0.2) is 0 Å². The van der Waals surface area contributed by atoms with E-state index in [1.54, 1.807) is 22.7 Å². The lowest BCUT2D eigenvalue weighted by atomic mass is 10.1. The van der Waals surface area contributed by atoms with Gasteiger partial charge in [0.15, 0.2) is 0 Å². The van der Waals surface area contributed by atoms with Gasteiger partial charge in [-0.1, -0.05) is 27.5 Å². The molecule has 2 aromatic heterocycles. The van der Waals surface area contributed by atoms with Gasteiger partial charge in [0.2, 0.25) is 0 Å². The maximum atomic E-state index is 6.03. The molecule has 0 saturated carbocycles. The quantitative estimate of drug-likeness (QED) is 0.554. The predicted octanol–water partition coefficient (Wildman–Crippen LogP) is 6.02. The fourth-order valence-corrected chi connectivity index (χ4v) is 4.96. The van der Waals surface area contributed by atoms with Gasteiger partial charge in [-0.15, -0.1) is 11.3 Å². The zero-order valence-electron chi connectivity index (χ0n) is 7.76. The lowest BCUT2D eigenvalue weighted by Crippen LogP contribution is -1.88. The molecule has 0 aromatic carbocycles. The first-order valence-electron chi connectivity index (χ1n) is 4.21. The minimum Gasteiger partial charge on any atom is -0.152 e. The van der Waals surface area contributed by atoms with Crippen molar-refractivity contribution in [3.63, 3.8) is 0 Å². The molecule has 0 N–H and O–H groups in total. The normalized spacial score (nSPS) is 13.1. The Bertz CT molecular complexity index is 456. The van der Waals surface area contributed by atoms with Crippen LogP contribution in [0.4, 0.5) is 0 Å². The van der Waals surface area contributed by atoms with Crippen molar-refractivity contribution in [1.82, 2.24) is 0 Å². The van der Waals surface area contributed by atoms with E-state index in [0.29, 0.717) is 0 Å². The molecule has 0 spiro atoms. The zero-order valence-corrected chi connectivity index (χ0v) is 13.3. The predicted molar refractivity (Wildman–Crippen MR) is 76.9 cm³/mol. The molecule has 0 saturated heterocycles. The highest BCUT2D eigenvalue weighted by Crippen LogP contribution is 2.42. The average molecular weight is 387 g/mol. The highest BCUT2D eigenvalue weighted by molar-refractivity contribution is 9.10. The molecule has 1 atom stereocenters. The molecule has 0 fully saturated rings. The summed E-state index contributed by atoms with van der Waals surface area (Å²) in [5, 5.41) is 4.34. The molecule has 5 heteroatoms. The largest absolute Gasteiger partial charge is 0.152 e. The monoisotopic (exact) mass is 384 g/mol. The van der Waals surface area contributed by atoms with E-state index in [1.165, 1.54) is 16.0 Å². The van der Waals surface area contributed by atoms with Gasteiger partial charge < -0.3 is 0 Å². The van der Waals surface area contributed by atoms with Crippen LogP contribution in [0.25, 0.3) is 0 Å². The molecule has 0 radical (unpaired) electrons. The highest BCUT2D eigenvalue weighted by atomic mass is 79.9. The third-order valence-corrected chi connectivity index (χ3v) is 6.79. The minimum absolute atomic E-state index is 0.248.